The molecule has 3 fully saturated rings. The Morgan fingerprint density at radius 3 is 2.58 bits per heavy atom. The van der Waals surface area contributed by atoms with Gasteiger partial charge in [-0.2, -0.15) is 0 Å². The van der Waals surface area contributed by atoms with E-state index in [4.69, 9.17) is 0 Å². The van der Waals surface area contributed by atoms with E-state index in [9.17, 15) is 10.2 Å². The second-order valence-corrected chi connectivity index (χ2v) is 4.84. The minimum atomic E-state index is -0.675. The maximum atomic E-state index is 10.2. The molecule has 2 N–H and O–H groups in total. The molecule has 2 nitrogen and oxygen atoms in total. The maximum Gasteiger partial charge on any atom is 0.0939 e. The third-order valence-corrected chi connectivity index (χ3v) is 4.56. The molecule has 3 aliphatic carbocycles. The number of aliphatic hydroxyl groups is 2. The molecule has 0 amide bonds. The predicted octanol–water partition coefficient (Wildman–Crippen LogP) is 0.918. The highest BCUT2D eigenvalue weighted by Crippen LogP contribution is 2.60. The summed E-state index contributed by atoms with van der Waals surface area (Å²) in [5.74, 6) is 1.52. The molecule has 5 unspecified atom stereocenters. The van der Waals surface area contributed by atoms with Crippen LogP contribution in [0.3, 0.4) is 0 Å². The molecule has 12 heavy (non-hydrogen) atoms. The van der Waals surface area contributed by atoms with Crippen molar-refractivity contribution in [2.75, 3.05) is 0 Å². The van der Waals surface area contributed by atoms with Crippen LogP contribution in [0.25, 0.3) is 0 Å². The monoisotopic (exact) mass is 168 g/mol. The zero-order valence-corrected chi connectivity index (χ0v) is 7.24. The molecular weight excluding hydrogens is 152 g/mol. The molecule has 3 saturated carbocycles. The SMILES string of the molecule is OC1C2CCCC3C2CCC13O. The van der Waals surface area contributed by atoms with Crippen LogP contribution in [-0.2, 0) is 0 Å². The van der Waals surface area contributed by atoms with Crippen LogP contribution in [0.4, 0.5) is 0 Å². The van der Waals surface area contributed by atoms with Crippen LogP contribution in [0.2, 0.25) is 0 Å². The summed E-state index contributed by atoms with van der Waals surface area (Å²) in [5, 5.41) is 20.1. The van der Waals surface area contributed by atoms with Crippen molar-refractivity contribution in [2.24, 2.45) is 17.8 Å². The normalized spacial score (nSPS) is 62.5. The summed E-state index contributed by atoms with van der Waals surface area (Å²) >= 11 is 0. The Bertz CT molecular complexity index is 211. The van der Waals surface area contributed by atoms with Crippen molar-refractivity contribution < 1.29 is 10.2 Å². The Morgan fingerprint density at radius 1 is 1.08 bits per heavy atom. The topological polar surface area (TPSA) is 40.5 Å². The van der Waals surface area contributed by atoms with E-state index in [2.05, 4.69) is 0 Å². The molecule has 0 aromatic heterocycles. The van der Waals surface area contributed by atoms with Crippen molar-refractivity contribution in [3.63, 3.8) is 0 Å². The van der Waals surface area contributed by atoms with E-state index in [1.807, 2.05) is 0 Å². The molecule has 3 aliphatic rings. The van der Waals surface area contributed by atoms with Crippen LogP contribution in [0.15, 0.2) is 0 Å². The first-order chi connectivity index (χ1) is 5.73. The molecule has 0 saturated heterocycles. The first kappa shape index (κ1) is 7.34. The largest absolute Gasteiger partial charge is 0.390 e. The molecule has 68 valence electrons. The molecule has 0 heterocycles. The summed E-state index contributed by atoms with van der Waals surface area (Å²) in [6, 6.07) is 0. The zero-order valence-electron chi connectivity index (χ0n) is 7.24. The molecular formula is C10H16O2. The van der Waals surface area contributed by atoms with Gasteiger partial charge in [0.15, 0.2) is 0 Å². The lowest BCUT2D eigenvalue weighted by molar-refractivity contribution is -0.0879. The third kappa shape index (κ3) is 0.612. The molecule has 0 aromatic carbocycles. The van der Waals surface area contributed by atoms with Gasteiger partial charge in [-0.15, -0.1) is 0 Å². The molecule has 2 heteroatoms. The summed E-state index contributed by atoms with van der Waals surface area (Å²) in [4.78, 5) is 0. The zero-order chi connectivity index (χ0) is 8.34. The summed E-state index contributed by atoms with van der Waals surface area (Å²) in [5.41, 5.74) is -0.675. The molecule has 0 aromatic rings. The number of aliphatic hydroxyl groups excluding tert-OH is 1. The minimum Gasteiger partial charge on any atom is -0.390 e. The number of rotatable bonds is 0. The molecule has 0 spiro atoms. The van der Waals surface area contributed by atoms with Crippen molar-refractivity contribution in [3.05, 3.63) is 0 Å². The Kier molecular flexibility index (Phi) is 1.25. The average molecular weight is 168 g/mol. The van der Waals surface area contributed by atoms with Gasteiger partial charge in [-0.25, -0.2) is 0 Å². The first-order valence-corrected chi connectivity index (χ1v) is 5.14. The highest BCUT2D eigenvalue weighted by atomic mass is 16.3. The van der Waals surface area contributed by atoms with Crippen molar-refractivity contribution in [1.29, 1.82) is 0 Å². The molecule has 0 radical (unpaired) electrons. The van der Waals surface area contributed by atoms with E-state index in [0.717, 1.165) is 25.7 Å². The lowest BCUT2D eigenvalue weighted by Gasteiger charge is -2.30. The van der Waals surface area contributed by atoms with E-state index in [-0.39, 0.29) is 0 Å². The summed E-state index contributed by atoms with van der Waals surface area (Å²) < 4.78 is 0. The molecule has 5 atom stereocenters. The molecule has 0 aliphatic heterocycles. The molecule has 4 bridgehead atoms. The minimum absolute atomic E-state index is 0.399. The maximum absolute atomic E-state index is 10.2. The standard InChI is InChI=1S/C10H16O2/c11-9-7-2-1-3-8-6(7)4-5-10(8,9)12/h6-9,11-12H,1-5H2. The quantitative estimate of drug-likeness (QED) is 0.564. The van der Waals surface area contributed by atoms with Gasteiger partial charge in [0.25, 0.3) is 0 Å². The van der Waals surface area contributed by atoms with Gasteiger partial charge in [0, 0.05) is 0 Å². The van der Waals surface area contributed by atoms with Crippen LogP contribution < -0.4 is 0 Å². The number of hydrogen-bond acceptors (Lipinski definition) is 2. The van der Waals surface area contributed by atoms with Crippen LogP contribution in [0.5, 0.6) is 0 Å². The van der Waals surface area contributed by atoms with E-state index in [1.54, 1.807) is 0 Å². The van der Waals surface area contributed by atoms with Crippen LogP contribution in [0, 0.1) is 17.8 Å². The van der Waals surface area contributed by atoms with Gasteiger partial charge in [-0.05, 0) is 43.4 Å². The first-order valence-electron chi connectivity index (χ1n) is 5.14. The smallest absolute Gasteiger partial charge is 0.0939 e. The van der Waals surface area contributed by atoms with Gasteiger partial charge in [0.05, 0.1) is 11.7 Å². The van der Waals surface area contributed by atoms with E-state index < -0.39 is 11.7 Å². The van der Waals surface area contributed by atoms with Crippen molar-refractivity contribution in [2.45, 2.75) is 43.8 Å². The fourth-order valence-corrected chi connectivity index (χ4v) is 4.05. The molecule has 3 rings (SSSR count). The Hall–Kier alpha value is -0.0800. The van der Waals surface area contributed by atoms with Gasteiger partial charge >= 0.3 is 0 Å². The third-order valence-electron chi connectivity index (χ3n) is 4.56. The van der Waals surface area contributed by atoms with Crippen molar-refractivity contribution in [3.8, 4) is 0 Å². The fraction of sp³-hybridized carbons (Fsp3) is 1.00. The second kappa shape index (κ2) is 2.05. The highest BCUT2D eigenvalue weighted by molar-refractivity contribution is 5.14. The number of hydrogen-bond donors (Lipinski definition) is 2. The highest BCUT2D eigenvalue weighted by Gasteiger charge is 2.63. The van der Waals surface area contributed by atoms with E-state index >= 15 is 0 Å². The van der Waals surface area contributed by atoms with Gasteiger partial charge in [-0.1, -0.05) is 6.42 Å². The van der Waals surface area contributed by atoms with E-state index in [0.29, 0.717) is 17.8 Å². The van der Waals surface area contributed by atoms with Crippen LogP contribution >= 0.6 is 0 Å². The second-order valence-electron chi connectivity index (χ2n) is 4.84. The van der Waals surface area contributed by atoms with E-state index in [1.165, 1.54) is 6.42 Å². The Morgan fingerprint density at radius 2 is 1.92 bits per heavy atom. The predicted molar refractivity (Wildman–Crippen MR) is 44.5 cm³/mol. The van der Waals surface area contributed by atoms with Gasteiger partial charge in [0.1, 0.15) is 0 Å². The summed E-state index contributed by atoms with van der Waals surface area (Å²) in [7, 11) is 0. The lowest BCUT2D eigenvalue weighted by atomic mass is 9.78. The summed E-state index contributed by atoms with van der Waals surface area (Å²) in [6.45, 7) is 0. The van der Waals surface area contributed by atoms with Crippen LogP contribution in [-0.4, -0.2) is 21.9 Å². The van der Waals surface area contributed by atoms with Crippen LogP contribution in [0.1, 0.15) is 32.1 Å². The van der Waals surface area contributed by atoms with Gasteiger partial charge < -0.3 is 10.2 Å². The van der Waals surface area contributed by atoms with Crippen molar-refractivity contribution in [1.82, 2.24) is 0 Å². The van der Waals surface area contributed by atoms with Gasteiger partial charge in [0.2, 0.25) is 0 Å². The average Bonchev–Trinajstić information content (AvgIpc) is 2.47. The summed E-state index contributed by atoms with van der Waals surface area (Å²) in [6.07, 6.45) is 5.11. The Labute approximate surface area is 72.6 Å². The fourth-order valence-electron chi connectivity index (χ4n) is 4.05. The Balaban J connectivity index is 2.04. The van der Waals surface area contributed by atoms with Crippen molar-refractivity contribution >= 4 is 0 Å². The van der Waals surface area contributed by atoms with Gasteiger partial charge in [-0.3, -0.25) is 0 Å². The lowest BCUT2D eigenvalue weighted by Crippen LogP contribution is -2.42.